The maximum Gasteiger partial charge on any atom is 0.154 e. The zero-order valence-corrected chi connectivity index (χ0v) is 14.2. The van der Waals surface area contributed by atoms with Gasteiger partial charge in [0.1, 0.15) is 0 Å². The first kappa shape index (κ1) is 16.4. The second-order valence-electron chi connectivity index (χ2n) is 7.18. The molecule has 0 heterocycles. The van der Waals surface area contributed by atoms with Crippen LogP contribution in [0.4, 0.5) is 11.4 Å². The topological polar surface area (TPSA) is 41.1 Å². The molecule has 0 atom stereocenters. The lowest BCUT2D eigenvalue weighted by Gasteiger charge is -2.25. The van der Waals surface area contributed by atoms with Crippen LogP contribution in [-0.4, -0.2) is 18.4 Å². The van der Waals surface area contributed by atoms with Crippen molar-refractivity contribution in [3.8, 4) is 0 Å². The largest absolute Gasteiger partial charge is 0.381 e. The van der Waals surface area contributed by atoms with Gasteiger partial charge in [0.05, 0.1) is 17.9 Å². The molecule has 0 spiro atoms. The van der Waals surface area contributed by atoms with Crippen molar-refractivity contribution in [3.05, 3.63) is 24.3 Å². The van der Waals surface area contributed by atoms with Gasteiger partial charge in [-0.2, -0.15) is 0 Å². The Balaban J connectivity index is 1.55. The molecule has 0 amide bonds. The number of Topliss-reactive ketones (excluding diaryl/α,β-unsaturated/α-hetero) is 1. The highest BCUT2D eigenvalue weighted by Crippen LogP contribution is 2.28. The lowest BCUT2D eigenvalue weighted by Crippen LogP contribution is -2.26. The van der Waals surface area contributed by atoms with Gasteiger partial charge in [-0.25, -0.2) is 0 Å². The Hall–Kier alpha value is -1.51. The quantitative estimate of drug-likeness (QED) is 0.777. The van der Waals surface area contributed by atoms with Gasteiger partial charge in [-0.05, 0) is 37.8 Å². The molecule has 3 nitrogen and oxygen atoms in total. The van der Waals surface area contributed by atoms with E-state index < -0.39 is 0 Å². The molecule has 0 unspecified atom stereocenters. The highest BCUT2D eigenvalue weighted by atomic mass is 16.1. The smallest absolute Gasteiger partial charge is 0.154 e. The van der Waals surface area contributed by atoms with E-state index in [1.165, 1.54) is 51.4 Å². The molecule has 2 N–H and O–H groups in total. The van der Waals surface area contributed by atoms with E-state index in [0.29, 0.717) is 18.4 Å². The van der Waals surface area contributed by atoms with E-state index in [-0.39, 0.29) is 5.92 Å². The monoisotopic (exact) mass is 314 g/mol. The van der Waals surface area contributed by atoms with E-state index in [1.807, 2.05) is 6.07 Å². The zero-order valence-electron chi connectivity index (χ0n) is 14.2. The molecule has 126 valence electrons. The third-order valence-electron chi connectivity index (χ3n) is 5.41. The molecule has 0 aromatic heterocycles. The summed E-state index contributed by atoms with van der Waals surface area (Å²) in [5.41, 5.74) is 2.22. The average molecular weight is 314 g/mol. The van der Waals surface area contributed by atoms with Crippen LogP contribution in [0.5, 0.6) is 0 Å². The minimum atomic E-state index is 0.287. The highest BCUT2D eigenvalue weighted by molar-refractivity contribution is 5.86. The van der Waals surface area contributed by atoms with E-state index in [0.717, 1.165) is 24.2 Å². The number of benzene rings is 1. The molecule has 3 rings (SSSR count). The Labute approximate surface area is 140 Å². The van der Waals surface area contributed by atoms with Crippen LogP contribution in [0.15, 0.2) is 24.3 Å². The van der Waals surface area contributed by atoms with Gasteiger partial charge in [0.2, 0.25) is 0 Å². The molecule has 2 saturated carbocycles. The third kappa shape index (κ3) is 4.73. The summed E-state index contributed by atoms with van der Waals surface area (Å²) >= 11 is 0. The van der Waals surface area contributed by atoms with Gasteiger partial charge >= 0.3 is 0 Å². The lowest BCUT2D eigenvalue weighted by atomic mass is 9.86. The summed E-state index contributed by atoms with van der Waals surface area (Å²) in [4.78, 5) is 12.4. The van der Waals surface area contributed by atoms with E-state index in [2.05, 4.69) is 28.8 Å². The van der Waals surface area contributed by atoms with Gasteiger partial charge in [-0.3, -0.25) is 4.79 Å². The molecule has 23 heavy (non-hydrogen) atoms. The maximum atomic E-state index is 12.4. The predicted molar refractivity (Wildman–Crippen MR) is 97.0 cm³/mol. The number of carbonyl (C=O) groups is 1. The van der Waals surface area contributed by atoms with Crippen LogP contribution in [0.25, 0.3) is 0 Å². The number of rotatable bonds is 6. The van der Waals surface area contributed by atoms with Crippen LogP contribution < -0.4 is 10.6 Å². The minimum absolute atomic E-state index is 0.287. The molecule has 0 aliphatic heterocycles. The summed E-state index contributed by atoms with van der Waals surface area (Å²) in [6, 6.07) is 8.90. The fraction of sp³-hybridized carbons (Fsp3) is 0.650. The van der Waals surface area contributed by atoms with E-state index in [4.69, 9.17) is 0 Å². The van der Waals surface area contributed by atoms with Crippen molar-refractivity contribution in [2.45, 2.75) is 70.3 Å². The molecule has 0 radical (unpaired) electrons. The molecule has 0 saturated heterocycles. The van der Waals surface area contributed by atoms with Crippen LogP contribution in [0, 0.1) is 5.92 Å². The van der Waals surface area contributed by atoms with E-state index in [9.17, 15) is 4.79 Å². The Morgan fingerprint density at radius 2 is 1.48 bits per heavy atom. The standard InChI is InChI=1S/C20H30N2O/c23-20(16-9-3-1-4-10-16)15-21-18-13-7-8-14-19(18)22-17-11-5-2-6-12-17/h7-8,13-14,16-17,21-22H,1-6,9-12,15H2. The minimum Gasteiger partial charge on any atom is -0.381 e. The Kier molecular flexibility index (Phi) is 5.95. The number of para-hydroxylation sites is 2. The predicted octanol–water partition coefficient (Wildman–Crippen LogP) is 4.99. The Bertz CT molecular complexity index is 502. The Morgan fingerprint density at radius 1 is 0.870 bits per heavy atom. The summed E-state index contributed by atoms with van der Waals surface area (Å²) in [6.45, 7) is 0.466. The molecule has 2 aliphatic carbocycles. The number of anilines is 2. The summed E-state index contributed by atoms with van der Waals surface area (Å²) in [6.07, 6.45) is 12.4. The summed E-state index contributed by atoms with van der Waals surface area (Å²) in [5.74, 6) is 0.673. The first-order chi connectivity index (χ1) is 11.3. The molecule has 2 aliphatic rings. The van der Waals surface area contributed by atoms with Crippen LogP contribution >= 0.6 is 0 Å². The van der Waals surface area contributed by atoms with E-state index >= 15 is 0 Å². The van der Waals surface area contributed by atoms with Crippen molar-refractivity contribution >= 4 is 17.2 Å². The maximum absolute atomic E-state index is 12.4. The van der Waals surface area contributed by atoms with E-state index in [1.54, 1.807) is 0 Å². The van der Waals surface area contributed by atoms with Crippen molar-refractivity contribution in [1.82, 2.24) is 0 Å². The second-order valence-corrected chi connectivity index (χ2v) is 7.18. The number of carbonyl (C=O) groups excluding carboxylic acids is 1. The third-order valence-corrected chi connectivity index (χ3v) is 5.41. The number of ketones is 1. The molecule has 0 bridgehead atoms. The normalized spacial score (nSPS) is 20.2. The SMILES string of the molecule is O=C(CNc1ccccc1NC1CCCCC1)C1CCCCC1. The fourth-order valence-corrected chi connectivity index (χ4v) is 3.98. The number of nitrogens with one attached hydrogen (secondary N) is 2. The molecular weight excluding hydrogens is 284 g/mol. The number of hydrogen-bond donors (Lipinski definition) is 2. The Morgan fingerprint density at radius 3 is 2.17 bits per heavy atom. The van der Waals surface area contributed by atoms with Crippen LogP contribution in [0.2, 0.25) is 0 Å². The molecule has 1 aromatic rings. The van der Waals surface area contributed by atoms with Gasteiger partial charge in [0.15, 0.2) is 5.78 Å². The van der Waals surface area contributed by atoms with Crippen molar-refractivity contribution in [2.24, 2.45) is 5.92 Å². The van der Waals surface area contributed by atoms with Gasteiger partial charge < -0.3 is 10.6 Å². The molecule has 3 heteroatoms. The summed E-state index contributed by atoms with van der Waals surface area (Å²) in [7, 11) is 0. The first-order valence-electron chi connectivity index (χ1n) is 9.45. The lowest BCUT2D eigenvalue weighted by molar-refractivity contribution is -0.122. The molecular formula is C20H30N2O. The summed E-state index contributed by atoms with van der Waals surface area (Å²) < 4.78 is 0. The zero-order chi connectivity index (χ0) is 15.9. The first-order valence-corrected chi connectivity index (χ1v) is 9.45. The molecule has 1 aromatic carbocycles. The van der Waals surface area contributed by atoms with Crippen LogP contribution in [0.3, 0.4) is 0 Å². The van der Waals surface area contributed by atoms with Gasteiger partial charge in [0, 0.05) is 12.0 Å². The number of hydrogen-bond acceptors (Lipinski definition) is 3. The van der Waals surface area contributed by atoms with Crippen LogP contribution in [-0.2, 0) is 4.79 Å². The second kappa shape index (κ2) is 8.37. The van der Waals surface area contributed by atoms with Crippen molar-refractivity contribution < 1.29 is 4.79 Å². The van der Waals surface area contributed by atoms with Gasteiger partial charge in [-0.15, -0.1) is 0 Å². The van der Waals surface area contributed by atoms with Crippen molar-refractivity contribution in [1.29, 1.82) is 0 Å². The highest BCUT2D eigenvalue weighted by Gasteiger charge is 2.21. The fourth-order valence-electron chi connectivity index (χ4n) is 3.98. The van der Waals surface area contributed by atoms with Crippen LogP contribution in [0.1, 0.15) is 64.2 Å². The average Bonchev–Trinajstić information content (AvgIpc) is 2.62. The van der Waals surface area contributed by atoms with Crippen molar-refractivity contribution in [2.75, 3.05) is 17.2 Å². The van der Waals surface area contributed by atoms with Crippen molar-refractivity contribution in [3.63, 3.8) is 0 Å². The van der Waals surface area contributed by atoms with Gasteiger partial charge in [-0.1, -0.05) is 50.7 Å². The summed E-state index contributed by atoms with van der Waals surface area (Å²) in [5, 5.41) is 7.07. The molecule has 2 fully saturated rings. The van der Waals surface area contributed by atoms with Gasteiger partial charge in [0.25, 0.3) is 0 Å².